The molecule has 82 valence electrons. The Morgan fingerprint density at radius 3 is 2.29 bits per heavy atom. The zero-order valence-corrected chi connectivity index (χ0v) is 9.79. The standard InChI is InChI=1S/C12H24N2/c1-9-7-14(8-10(9)2)12-5-4-6-13-11(12)3/h9-13H,4-8H2,1-3H3. The van der Waals surface area contributed by atoms with E-state index in [-0.39, 0.29) is 0 Å². The summed E-state index contributed by atoms with van der Waals surface area (Å²) in [7, 11) is 0. The Morgan fingerprint density at radius 1 is 1.07 bits per heavy atom. The van der Waals surface area contributed by atoms with Crippen molar-refractivity contribution >= 4 is 0 Å². The zero-order valence-electron chi connectivity index (χ0n) is 9.79. The van der Waals surface area contributed by atoms with Gasteiger partial charge in [-0.3, -0.25) is 4.90 Å². The maximum Gasteiger partial charge on any atom is 0.0247 e. The van der Waals surface area contributed by atoms with Crippen LogP contribution in [0.3, 0.4) is 0 Å². The van der Waals surface area contributed by atoms with Crippen LogP contribution >= 0.6 is 0 Å². The van der Waals surface area contributed by atoms with Gasteiger partial charge < -0.3 is 5.32 Å². The number of likely N-dealkylation sites (tertiary alicyclic amines) is 1. The summed E-state index contributed by atoms with van der Waals surface area (Å²) in [5, 5.41) is 3.60. The third-order valence-electron chi connectivity index (χ3n) is 4.21. The van der Waals surface area contributed by atoms with Crippen LogP contribution in [0.15, 0.2) is 0 Å². The average Bonchev–Trinajstić information content (AvgIpc) is 2.48. The van der Waals surface area contributed by atoms with Gasteiger partial charge in [0.05, 0.1) is 0 Å². The molecule has 2 heteroatoms. The van der Waals surface area contributed by atoms with Crippen molar-refractivity contribution in [2.24, 2.45) is 11.8 Å². The molecule has 0 saturated carbocycles. The molecule has 2 aliphatic rings. The molecule has 0 spiro atoms. The molecule has 4 atom stereocenters. The lowest BCUT2D eigenvalue weighted by Gasteiger charge is -2.37. The fraction of sp³-hybridized carbons (Fsp3) is 1.00. The van der Waals surface area contributed by atoms with Crippen LogP contribution in [-0.2, 0) is 0 Å². The quantitative estimate of drug-likeness (QED) is 0.687. The Hall–Kier alpha value is -0.0800. The lowest BCUT2D eigenvalue weighted by molar-refractivity contribution is 0.157. The normalized spacial score (nSPS) is 45.6. The monoisotopic (exact) mass is 196 g/mol. The van der Waals surface area contributed by atoms with E-state index in [1.165, 1.54) is 32.5 Å². The largest absolute Gasteiger partial charge is 0.313 e. The van der Waals surface area contributed by atoms with Gasteiger partial charge in [0.25, 0.3) is 0 Å². The minimum atomic E-state index is 0.696. The van der Waals surface area contributed by atoms with Crippen molar-refractivity contribution in [3.8, 4) is 0 Å². The molecule has 0 aliphatic carbocycles. The first-order valence-corrected chi connectivity index (χ1v) is 6.16. The Morgan fingerprint density at radius 2 is 1.71 bits per heavy atom. The minimum Gasteiger partial charge on any atom is -0.313 e. The lowest BCUT2D eigenvalue weighted by Crippen LogP contribution is -2.51. The predicted molar refractivity (Wildman–Crippen MR) is 60.4 cm³/mol. The third-order valence-corrected chi connectivity index (χ3v) is 4.21. The van der Waals surface area contributed by atoms with Crippen LogP contribution in [0.2, 0.25) is 0 Å². The molecule has 2 rings (SSSR count). The number of nitrogens with zero attached hydrogens (tertiary/aromatic N) is 1. The summed E-state index contributed by atoms with van der Waals surface area (Å²) < 4.78 is 0. The molecule has 0 bridgehead atoms. The topological polar surface area (TPSA) is 15.3 Å². The number of piperidine rings is 1. The van der Waals surface area contributed by atoms with Crippen LogP contribution in [0, 0.1) is 11.8 Å². The Balaban J connectivity index is 1.94. The molecule has 2 heterocycles. The predicted octanol–water partition coefficient (Wildman–Crippen LogP) is 1.71. The van der Waals surface area contributed by atoms with E-state index in [2.05, 4.69) is 31.0 Å². The van der Waals surface area contributed by atoms with Gasteiger partial charge in [-0.2, -0.15) is 0 Å². The van der Waals surface area contributed by atoms with Gasteiger partial charge in [0.2, 0.25) is 0 Å². The molecular weight excluding hydrogens is 172 g/mol. The lowest BCUT2D eigenvalue weighted by atomic mass is 9.98. The van der Waals surface area contributed by atoms with E-state index in [4.69, 9.17) is 0 Å². The molecule has 14 heavy (non-hydrogen) atoms. The van der Waals surface area contributed by atoms with Crippen LogP contribution in [0.4, 0.5) is 0 Å². The molecular formula is C12H24N2. The number of nitrogens with one attached hydrogen (secondary N) is 1. The van der Waals surface area contributed by atoms with Gasteiger partial charge in [-0.25, -0.2) is 0 Å². The first kappa shape index (κ1) is 10.4. The van der Waals surface area contributed by atoms with Crippen molar-refractivity contribution in [1.29, 1.82) is 0 Å². The summed E-state index contributed by atoms with van der Waals surface area (Å²) >= 11 is 0. The first-order valence-electron chi connectivity index (χ1n) is 6.16. The van der Waals surface area contributed by atoms with Gasteiger partial charge in [-0.1, -0.05) is 13.8 Å². The SMILES string of the molecule is CC1CN(C2CCCNC2C)CC1C. The number of hydrogen-bond donors (Lipinski definition) is 1. The number of hydrogen-bond acceptors (Lipinski definition) is 2. The minimum absolute atomic E-state index is 0.696. The van der Waals surface area contributed by atoms with E-state index < -0.39 is 0 Å². The van der Waals surface area contributed by atoms with Crippen molar-refractivity contribution in [2.75, 3.05) is 19.6 Å². The molecule has 0 amide bonds. The van der Waals surface area contributed by atoms with Crippen molar-refractivity contribution in [3.05, 3.63) is 0 Å². The molecule has 0 aromatic carbocycles. The Bertz CT molecular complexity index is 183. The van der Waals surface area contributed by atoms with E-state index in [1.54, 1.807) is 0 Å². The van der Waals surface area contributed by atoms with Crippen LogP contribution in [0.5, 0.6) is 0 Å². The molecule has 2 nitrogen and oxygen atoms in total. The molecule has 1 N–H and O–H groups in total. The molecule has 0 aromatic heterocycles. The van der Waals surface area contributed by atoms with E-state index in [9.17, 15) is 0 Å². The maximum absolute atomic E-state index is 3.60. The van der Waals surface area contributed by atoms with Crippen molar-refractivity contribution in [3.63, 3.8) is 0 Å². The summed E-state index contributed by atoms with van der Waals surface area (Å²) in [4.78, 5) is 2.71. The van der Waals surface area contributed by atoms with Gasteiger partial charge in [0.1, 0.15) is 0 Å². The van der Waals surface area contributed by atoms with Crippen molar-refractivity contribution in [1.82, 2.24) is 10.2 Å². The highest BCUT2D eigenvalue weighted by atomic mass is 15.2. The van der Waals surface area contributed by atoms with Gasteiger partial charge >= 0.3 is 0 Å². The summed E-state index contributed by atoms with van der Waals surface area (Å²) in [5.41, 5.74) is 0. The van der Waals surface area contributed by atoms with E-state index >= 15 is 0 Å². The van der Waals surface area contributed by atoms with Gasteiger partial charge in [-0.05, 0) is 38.1 Å². The fourth-order valence-electron chi connectivity index (χ4n) is 2.97. The van der Waals surface area contributed by atoms with Crippen LogP contribution in [0.1, 0.15) is 33.6 Å². The molecule has 4 unspecified atom stereocenters. The fourth-order valence-corrected chi connectivity index (χ4v) is 2.97. The molecule has 0 aromatic rings. The smallest absolute Gasteiger partial charge is 0.0247 e. The van der Waals surface area contributed by atoms with Crippen LogP contribution in [-0.4, -0.2) is 36.6 Å². The second-order valence-electron chi connectivity index (χ2n) is 5.36. The van der Waals surface area contributed by atoms with Crippen LogP contribution < -0.4 is 5.32 Å². The summed E-state index contributed by atoms with van der Waals surface area (Å²) in [5.74, 6) is 1.79. The highest BCUT2D eigenvalue weighted by molar-refractivity contribution is 4.90. The number of rotatable bonds is 1. The Labute approximate surface area is 88.1 Å². The molecule has 2 aliphatic heterocycles. The van der Waals surface area contributed by atoms with Gasteiger partial charge in [0, 0.05) is 25.2 Å². The summed E-state index contributed by atoms with van der Waals surface area (Å²) in [6.45, 7) is 11.0. The third kappa shape index (κ3) is 1.96. The average molecular weight is 196 g/mol. The summed E-state index contributed by atoms with van der Waals surface area (Å²) in [6, 6.07) is 1.50. The molecule has 2 saturated heterocycles. The Kier molecular flexibility index (Phi) is 3.13. The second-order valence-corrected chi connectivity index (χ2v) is 5.36. The zero-order chi connectivity index (χ0) is 10.1. The highest BCUT2D eigenvalue weighted by Gasteiger charge is 2.34. The molecule has 0 radical (unpaired) electrons. The first-order chi connectivity index (χ1) is 6.68. The van der Waals surface area contributed by atoms with Gasteiger partial charge in [0.15, 0.2) is 0 Å². The van der Waals surface area contributed by atoms with E-state index in [0.717, 1.165) is 17.9 Å². The van der Waals surface area contributed by atoms with Crippen molar-refractivity contribution < 1.29 is 0 Å². The summed E-state index contributed by atoms with van der Waals surface area (Å²) in [6.07, 6.45) is 2.75. The second kappa shape index (κ2) is 4.19. The van der Waals surface area contributed by atoms with E-state index in [0.29, 0.717) is 6.04 Å². The van der Waals surface area contributed by atoms with Crippen LogP contribution in [0.25, 0.3) is 0 Å². The van der Waals surface area contributed by atoms with Gasteiger partial charge in [-0.15, -0.1) is 0 Å². The maximum atomic E-state index is 3.60. The van der Waals surface area contributed by atoms with E-state index in [1.807, 2.05) is 0 Å². The van der Waals surface area contributed by atoms with Crippen molar-refractivity contribution in [2.45, 2.75) is 45.7 Å². The molecule has 2 fully saturated rings. The highest BCUT2D eigenvalue weighted by Crippen LogP contribution is 2.27.